The molecule has 0 aliphatic carbocycles. The predicted molar refractivity (Wildman–Crippen MR) is 112 cm³/mol. The second-order valence-electron chi connectivity index (χ2n) is 6.95. The van der Waals surface area contributed by atoms with Crippen LogP contribution in [-0.2, 0) is 11.2 Å². The number of fused-ring (bicyclic) bond motifs is 1. The van der Waals surface area contributed by atoms with Crippen molar-refractivity contribution in [1.82, 2.24) is 15.0 Å². The van der Waals surface area contributed by atoms with Crippen molar-refractivity contribution in [3.8, 4) is 11.4 Å². The van der Waals surface area contributed by atoms with Crippen LogP contribution in [0, 0.1) is 12.7 Å². The third-order valence-corrected chi connectivity index (χ3v) is 4.89. The molecule has 0 saturated carbocycles. The largest absolute Gasteiger partial charge is 0.353 e. The summed E-state index contributed by atoms with van der Waals surface area (Å²) in [4.78, 5) is 24.3. The molecule has 0 aliphatic rings. The maximum absolute atomic E-state index is 13.9. The lowest BCUT2D eigenvalue weighted by molar-refractivity contribution is -0.116. The second-order valence-corrected chi connectivity index (χ2v) is 6.95. The van der Waals surface area contributed by atoms with Crippen molar-refractivity contribution in [3.05, 3.63) is 77.9 Å². The number of nitrogens with zero attached hydrogens (tertiary/aromatic N) is 2. The smallest absolute Gasteiger partial charge is 0.225 e. The number of hydrogen-bond donors (Lipinski definition) is 2. The third-order valence-electron chi connectivity index (χ3n) is 4.89. The summed E-state index contributed by atoms with van der Waals surface area (Å²) < 4.78 is 13.9. The average molecular weight is 388 g/mol. The highest BCUT2D eigenvalue weighted by atomic mass is 19.1. The van der Waals surface area contributed by atoms with Crippen molar-refractivity contribution in [2.75, 3.05) is 5.32 Å². The number of aromatic nitrogens is 3. The first-order valence-electron chi connectivity index (χ1n) is 9.55. The molecule has 0 aliphatic heterocycles. The quantitative estimate of drug-likeness (QED) is 0.486. The van der Waals surface area contributed by atoms with Gasteiger partial charge in [-0.2, -0.15) is 0 Å². The molecule has 3 heterocycles. The van der Waals surface area contributed by atoms with E-state index in [1.165, 1.54) is 12.1 Å². The number of anilines is 1. The Balaban J connectivity index is 1.53. The molecule has 29 heavy (non-hydrogen) atoms. The van der Waals surface area contributed by atoms with Gasteiger partial charge in [-0.25, -0.2) is 9.37 Å². The van der Waals surface area contributed by atoms with Gasteiger partial charge in [0.05, 0.1) is 11.4 Å². The molecular formula is C23H21FN4O. The molecule has 1 aromatic carbocycles. The van der Waals surface area contributed by atoms with Gasteiger partial charge in [0.1, 0.15) is 11.6 Å². The fourth-order valence-corrected chi connectivity index (χ4v) is 3.45. The molecule has 146 valence electrons. The summed E-state index contributed by atoms with van der Waals surface area (Å²) in [6.07, 6.45) is 4.99. The molecule has 0 spiro atoms. The number of carbonyl (C=O) groups is 1. The van der Waals surface area contributed by atoms with Crippen LogP contribution < -0.4 is 5.32 Å². The van der Waals surface area contributed by atoms with Gasteiger partial charge in [-0.15, -0.1) is 0 Å². The zero-order chi connectivity index (χ0) is 20.2. The van der Waals surface area contributed by atoms with Crippen LogP contribution in [0.4, 0.5) is 10.2 Å². The molecule has 6 heteroatoms. The first-order chi connectivity index (χ1) is 14.1. The van der Waals surface area contributed by atoms with E-state index < -0.39 is 0 Å². The molecule has 0 fully saturated rings. The van der Waals surface area contributed by atoms with Crippen LogP contribution in [0.25, 0.3) is 22.3 Å². The van der Waals surface area contributed by atoms with Gasteiger partial charge in [-0.3, -0.25) is 9.78 Å². The highest BCUT2D eigenvalue weighted by molar-refractivity contribution is 5.91. The average Bonchev–Trinajstić information content (AvgIpc) is 3.08. The Morgan fingerprint density at radius 3 is 2.76 bits per heavy atom. The Bertz CT molecular complexity index is 1150. The Kier molecular flexibility index (Phi) is 5.33. The number of nitrogens with one attached hydrogen (secondary N) is 2. The number of aromatic amines is 1. The monoisotopic (exact) mass is 388 g/mol. The summed E-state index contributed by atoms with van der Waals surface area (Å²) in [7, 11) is 0. The fraction of sp³-hybridized carbons (Fsp3) is 0.174. The Morgan fingerprint density at radius 1 is 1.10 bits per heavy atom. The molecular weight excluding hydrogens is 367 g/mol. The van der Waals surface area contributed by atoms with Crippen LogP contribution >= 0.6 is 0 Å². The van der Waals surface area contributed by atoms with Crippen molar-refractivity contribution in [2.45, 2.75) is 26.2 Å². The molecule has 0 saturated heterocycles. The maximum atomic E-state index is 13.9. The standard InChI is InChI=1S/C23H21FN4O/c1-15-6-5-13-26-23(15)28-21(29)9-4-7-17-18-14-16(24)10-11-19(18)27-22(17)20-8-2-3-12-25-20/h2-3,5-6,8,10-14,27H,4,7,9H2,1H3,(H,26,28,29). The van der Waals surface area contributed by atoms with E-state index in [9.17, 15) is 9.18 Å². The lowest BCUT2D eigenvalue weighted by Gasteiger charge is -2.08. The number of halogens is 1. The first-order valence-corrected chi connectivity index (χ1v) is 9.55. The molecule has 5 nitrogen and oxygen atoms in total. The summed E-state index contributed by atoms with van der Waals surface area (Å²) in [5, 5.41) is 3.68. The normalized spacial score (nSPS) is 11.0. The van der Waals surface area contributed by atoms with Crippen LogP contribution in [0.2, 0.25) is 0 Å². The van der Waals surface area contributed by atoms with Crippen LogP contribution in [0.1, 0.15) is 24.0 Å². The van der Waals surface area contributed by atoms with E-state index in [-0.39, 0.29) is 11.7 Å². The van der Waals surface area contributed by atoms with Crippen LogP contribution in [0.15, 0.2) is 60.9 Å². The highest BCUT2D eigenvalue weighted by Gasteiger charge is 2.15. The molecule has 1 amide bonds. The van der Waals surface area contributed by atoms with Crippen molar-refractivity contribution in [1.29, 1.82) is 0 Å². The van der Waals surface area contributed by atoms with E-state index in [0.29, 0.717) is 25.1 Å². The van der Waals surface area contributed by atoms with E-state index in [0.717, 1.165) is 33.4 Å². The second kappa shape index (κ2) is 8.22. The first kappa shape index (κ1) is 18.8. The Labute approximate surface area is 168 Å². The number of rotatable bonds is 6. The number of pyridine rings is 2. The molecule has 4 aromatic rings. The lowest BCUT2D eigenvalue weighted by Crippen LogP contribution is -2.13. The van der Waals surface area contributed by atoms with Gasteiger partial charge < -0.3 is 10.3 Å². The third kappa shape index (κ3) is 4.16. The summed E-state index contributed by atoms with van der Waals surface area (Å²) >= 11 is 0. The fourth-order valence-electron chi connectivity index (χ4n) is 3.45. The van der Waals surface area contributed by atoms with Crippen LogP contribution in [0.3, 0.4) is 0 Å². The summed E-state index contributed by atoms with van der Waals surface area (Å²) in [5.41, 5.74) is 4.42. The van der Waals surface area contributed by atoms with Gasteiger partial charge >= 0.3 is 0 Å². The van der Waals surface area contributed by atoms with Crippen molar-refractivity contribution >= 4 is 22.6 Å². The van der Waals surface area contributed by atoms with Gasteiger partial charge in [-0.1, -0.05) is 12.1 Å². The molecule has 3 aromatic heterocycles. The highest BCUT2D eigenvalue weighted by Crippen LogP contribution is 2.31. The number of aryl methyl sites for hydroxylation is 2. The molecule has 0 unspecified atom stereocenters. The topological polar surface area (TPSA) is 70.7 Å². The zero-order valence-corrected chi connectivity index (χ0v) is 16.1. The maximum Gasteiger partial charge on any atom is 0.225 e. The zero-order valence-electron chi connectivity index (χ0n) is 16.1. The van der Waals surface area contributed by atoms with Gasteiger partial charge in [0, 0.05) is 29.7 Å². The Hall–Kier alpha value is -3.54. The van der Waals surface area contributed by atoms with Crippen LogP contribution in [0.5, 0.6) is 0 Å². The molecule has 2 N–H and O–H groups in total. The predicted octanol–water partition coefficient (Wildman–Crippen LogP) is 5.03. The van der Waals surface area contributed by atoms with Gasteiger partial charge in [0.15, 0.2) is 0 Å². The summed E-state index contributed by atoms with van der Waals surface area (Å²) in [6.45, 7) is 1.90. The summed E-state index contributed by atoms with van der Waals surface area (Å²) in [6, 6.07) is 14.1. The van der Waals surface area contributed by atoms with Crippen molar-refractivity contribution in [3.63, 3.8) is 0 Å². The molecule has 4 rings (SSSR count). The van der Waals surface area contributed by atoms with Gasteiger partial charge in [0.2, 0.25) is 5.91 Å². The Morgan fingerprint density at radius 2 is 1.97 bits per heavy atom. The molecule has 0 bridgehead atoms. The van der Waals surface area contributed by atoms with E-state index in [1.54, 1.807) is 18.5 Å². The number of hydrogen-bond acceptors (Lipinski definition) is 3. The van der Waals surface area contributed by atoms with Crippen molar-refractivity contribution in [2.24, 2.45) is 0 Å². The minimum absolute atomic E-state index is 0.0859. The van der Waals surface area contributed by atoms with Crippen LogP contribution in [-0.4, -0.2) is 20.9 Å². The number of H-pyrrole nitrogens is 1. The minimum atomic E-state index is -0.284. The molecule has 0 radical (unpaired) electrons. The van der Waals surface area contributed by atoms with E-state index in [2.05, 4.69) is 20.3 Å². The van der Waals surface area contributed by atoms with Gasteiger partial charge in [-0.05, 0) is 67.3 Å². The van der Waals surface area contributed by atoms with Crippen molar-refractivity contribution < 1.29 is 9.18 Å². The van der Waals surface area contributed by atoms with E-state index >= 15 is 0 Å². The number of carbonyl (C=O) groups excluding carboxylic acids is 1. The lowest BCUT2D eigenvalue weighted by atomic mass is 10.0. The van der Waals surface area contributed by atoms with E-state index in [4.69, 9.17) is 0 Å². The SMILES string of the molecule is Cc1cccnc1NC(=O)CCCc1c(-c2ccccn2)[nH]c2ccc(F)cc12. The number of amides is 1. The van der Waals surface area contributed by atoms with Gasteiger partial charge in [0.25, 0.3) is 0 Å². The summed E-state index contributed by atoms with van der Waals surface area (Å²) in [5.74, 6) is 0.215. The number of benzene rings is 1. The van der Waals surface area contributed by atoms with E-state index in [1.807, 2.05) is 37.3 Å². The molecule has 0 atom stereocenters. The minimum Gasteiger partial charge on any atom is -0.353 e.